The van der Waals surface area contributed by atoms with Crippen LogP contribution < -0.4 is 10.6 Å². The summed E-state index contributed by atoms with van der Waals surface area (Å²) in [5, 5.41) is 6.36. The summed E-state index contributed by atoms with van der Waals surface area (Å²) in [4.78, 5) is 12.1. The van der Waals surface area contributed by atoms with Crippen LogP contribution in [-0.4, -0.2) is 12.5 Å². The lowest BCUT2D eigenvalue weighted by atomic mass is 10.0. The topological polar surface area (TPSA) is 41.1 Å². The molecule has 1 heterocycles. The molecule has 0 saturated heterocycles. The van der Waals surface area contributed by atoms with Crippen LogP contribution in [0, 0.1) is 6.92 Å². The molecular formula is C18H20N2O. The molecule has 0 aromatic heterocycles. The summed E-state index contributed by atoms with van der Waals surface area (Å²) in [6.07, 6.45) is 2.69. The van der Waals surface area contributed by atoms with Crippen molar-refractivity contribution in [1.82, 2.24) is 0 Å². The Morgan fingerprint density at radius 2 is 2.00 bits per heavy atom. The zero-order valence-electron chi connectivity index (χ0n) is 12.3. The van der Waals surface area contributed by atoms with Crippen molar-refractivity contribution in [3.63, 3.8) is 0 Å². The Hall–Kier alpha value is -2.29. The molecule has 0 spiro atoms. The molecule has 3 rings (SSSR count). The molecule has 2 N–H and O–H groups in total. The Balaban J connectivity index is 1.65. The van der Waals surface area contributed by atoms with Crippen LogP contribution in [0.1, 0.15) is 23.1 Å². The number of anilines is 2. The lowest BCUT2D eigenvalue weighted by molar-refractivity contribution is -0.115. The summed E-state index contributed by atoms with van der Waals surface area (Å²) >= 11 is 0. The van der Waals surface area contributed by atoms with Crippen molar-refractivity contribution in [2.24, 2.45) is 0 Å². The second kappa shape index (κ2) is 6.00. The van der Waals surface area contributed by atoms with Crippen molar-refractivity contribution >= 4 is 17.3 Å². The molecule has 108 valence electrons. The molecule has 0 bridgehead atoms. The molecule has 0 radical (unpaired) electrons. The number of hydrogen-bond donors (Lipinski definition) is 2. The van der Waals surface area contributed by atoms with Crippen molar-refractivity contribution in [2.75, 3.05) is 17.2 Å². The lowest BCUT2D eigenvalue weighted by Gasteiger charge is -2.18. The largest absolute Gasteiger partial charge is 0.385 e. The monoisotopic (exact) mass is 280 g/mol. The van der Waals surface area contributed by atoms with Crippen LogP contribution >= 0.6 is 0 Å². The van der Waals surface area contributed by atoms with Crippen LogP contribution in [0.3, 0.4) is 0 Å². The van der Waals surface area contributed by atoms with Gasteiger partial charge in [0.25, 0.3) is 0 Å². The zero-order chi connectivity index (χ0) is 14.7. The number of hydrogen-bond acceptors (Lipinski definition) is 2. The maximum absolute atomic E-state index is 12.1. The SMILES string of the molecule is Cc1ccc(CC(=O)Nc2ccc3c(c2)NCCC3)cc1. The van der Waals surface area contributed by atoms with E-state index in [4.69, 9.17) is 0 Å². The minimum Gasteiger partial charge on any atom is -0.385 e. The molecule has 0 fully saturated rings. The van der Waals surface area contributed by atoms with E-state index in [1.807, 2.05) is 43.3 Å². The third-order valence-corrected chi connectivity index (χ3v) is 3.82. The molecule has 1 aliphatic heterocycles. The van der Waals surface area contributed by atoms with Gasteiger partial charge in [-0.1, -0.05) is 35.9 Å². The van der Waals surface area contributed by atoms with Gasteiger partial charge >= 0.3 is 0 Å². The van der Waals surface area contributed by atoms with E-state index in [9.17, 15) is 4.79 Å². The molecule has 1 amide bonds. The van der Waals surface area contributed by atoms with E-state index < -0.39 is 0 Å². The fraction of sp³-hybridized carbons (Fsp3) is 0.278. The molecule has 0 saturated carbocycles. The second-order valence-electron chi connectivity index (χ2n) is 5.61. The first kappa shape index (κ1) is 13.7. The van der Waals surface area contributed by atoms with Crippen LogP contribution in [-0.2, 0) is 17.6 Å². The molecule has 21 heavy (non-hydrogen) atoms. The predicted molar refractivity (Wildman–Crippen MR) is 86.8 cm³/mol. The molecule has 3 nitrogen and oxygen atoms in total. The highest BCUT2D eigenvalue weighted by molar-refractivity contribution is 5.92. The van der Waals surface area contributed by atoms with Gasteiger partial charge in [0.05, 0.1) is 6.42 Å². The fourth-order valence-electron chi connectivity index (χ4n) is 2.64. The first-order valence-corrected chi connectivity index (χ1v) is 7.43. The van der Waals surface area contributed by atoms with Gasteiger partial charge in [0.1, 0.15) is 0 Å². The van der Waals surface area contributed by atoms with Crippen LogP contribution in [0.2, 0.25) is 0 Å². The van der Waals surface area contributed by atoms with Crippen molar-refractivity contribution in [3.05, 3.63) is 59.2 Å². The minimum absolute atomic E-state index is 0.0228. The molecule has 2 aromatic carbocycles. The number of carbonyl (C=O) groups is 1. The van der Waals surface area contributed by atoms with Gasteiger partial charge in [-0.15, -0.1) is 0 Å². The smallest absolute Gasteiger partial charge is 0.228 e. The Bertz CT molecular complexity index is 647. The Morgan fingerprint density at radius 1 is 1.19 bits per heavy atom. The fourth-order valence-corrected chi connectivity index (χ4v) is 2.64. The van der Waals surface area contributed by atoms with E-state index in [-0.39, 0.29) is 5.91 Å². The van der Waals surface area contributed by atoms with Crippen molar-refractivity contribution in [2.45, 2.75) is 26.2 Å². The molecule has 0 aliphatic carbocycles. The van der Waals surface area contributed by atoms with Gasteiger partial charge in [0, 0.05) is 17.9 Å². The van der Waals surface area contributed by atoms with Crippen LogP contribution in [0.5, 0.6) is 0 Å². The van der Waals surface area contributed by atoms with Gasteiger partial charge in [-0.2, -0.15) is 0 Å². The third-order valence-electron chi connectivity index (χ3n) is 3.82. The average Bonchev–Trinajstić information content (AvgIpc) is 2.49. The Labute approximate surface area is 125 Å². The summed E-state index contributed by atoms with van der Waals surface area (Å²) in [7, 11) is 0. The van der Waals surface area contributed by atoms with Crippen LogP contribution in [0.15, 0.2) is 42.5 Å². The van der Waals surface area contributed by atoms with Crippen LogP contribution in [0.4, 0.5) is 11.4 Å². The second-order valence-corrected chi connectivity index (χ2v) is 5.61. The summed E-state index contributed by atoms with van der Waals surface area (Å²) < 4.78 is 0. The predicted octanol–water partition coefficient (Wildman–Crippen LogP) is 3.53. The Kier molecular flexibility index (Phi) is 3.91. The van der Waals surface area contributed by atoms with E-state index in [1.54, 1.807) is 0 Å². The molecular weight excluding hydrogens is 260 g/mol. The zero-order valence-corrected chi connectivity index (χ0v) is 12.3. The summed E-state index contributed by atoms with van der Waals surface area (Å²) in [6, 6.07) is 14.2. The quantitative estimate of drug-likeness (QED) is 0.903. The number of fused-ring (bicyclic) bond motifs is 1. The first-order chi connectivity index (χ1) is 10.2. The highest BCUT2D eigenvalue weighted by atomic mass is 16.1. The first-order valence-electron chi connectivity index (χ1n) is 7.43. The minimum atomic E-state index is 0.0228. The van der Waals surface area contributed by atoms with E-state index in [2.05, 4.69) is 16.7 Å². The molecule has 3 heteroatoms. The van der Waals surface area contributed by atoms with E-state index in [1.165, 1.54) is 17.5 Å². The average molecular weight is 280 g/mol. The molecule has 0 atom stereocenters. The van der Waals surface area contributed by atoms with Gasteiger partial charge in [-0.05, 0) is 43.0 Å². The van der Waals surface area contributed by atoms with E-state index in [0.717, 1.165) is 29.9 Å². The number of aryl methyl sites for hydroxylation is 2. The number of amides is 1. The molecule has 0 unspecified atom stereocenters. The Morgan fingerprint density at radius 3 is 2.81 bits per heavy atom. The standard InChI is InChI=1S/C18H20N2O/c1-13-4-6-14(7-5-13)11-18(21)20-16-9-8-15-3-2-10-19-17(15)12-16/h4-9,12,19H,2-3,10-11H2,1H3,(H,20,21). The maximum Gasteiger partial charge on any atom is 0.228 e. The van der Waals surface area contributed by atoms with Crippen LogP contribution in [0.25, 0.3) is 0 Å². The third kappa shape index (κ3) is 3.43. The lowest BCUT2D eigenvalue weighted by Crippen LogP contribution is -2.16. The maximum atomic E-state index is 12.1. The van der Waals surface area contributed by atoms with E-state index >= 15 is 0 Å². The summed E-state index contributed by atoms with van der Waals surface area (Å²) in [6.45, 7) is 3.05. The number of carbonyl (C=O) groups excluding carboxylic acids is 1. The van der Waals surface area contributed by atoms with Crippen molar-refractivity contribution in [1.29, 1.82) is 0 Å². The molecule has 1 aliphatic rings. The van der Waals surface area contributed by atoms with Gasteiger partial charge in [-0.25, -0.2) is 0 Å². The van der Waals surface area contributed by atoms with Gasteiger partial charge in [-0.3, -0.25) is 4.79 Å². The summed E-state index contributed by atoms with van der Waals surface area (Å²) in [5.41, 5.74) is 5.58. The summed E-state index contributed by atoms with van der Waals surface area (Å²) in [5.74, 6) is 0.0228. The number of nitrogens with one attached hydrogen (secondary N) is 2. The highest BCUT2D eigenvalue weighted by Crippen LogP contribution is 2.25. The van der Waals surface area contributed by atoms with Gasteiger partial charge in [0.15, 0.2) is 0 Å². The van der Waals surface area contributed by atoms with E-state index in [0.29, 0.717) is 6.42 Å². The number of benzene rings is 2. The molecule has 2 aromatic rings. The van der Waals surface area contributed by atoms with Gasteiger partial charge < -0.3 is 10.6 Å². The normalized spacial score (nSPS) is 13.2. The highest BCUT2D eigenvalue weighted by Gasteiger charge is 2.10. The number of rotatable bonds is 3. The van der Waals surface area contributed by atoms with Crippen molar-refractivity contribution in [3.8, 4) is 0 Å². The van der Waals surface area contributed by atoms with Gasteiger partial charge in [0.2, 0.25) is 5.91 Å². The van der Waals surface area contributed by atoms with Crippen molar-refractivity contribution < 1.29 is 4.79 Å².